The van der Waals surface area contributed by atoms with Gasteiger partial charge in [0.25, 0.3) is 17.2 Å². The molecule has 6 heteroatoms. The first-order chi connectivity index (χ1) is 12.5. The SMILES string of the molecule is Cc1cccc(N2CC(O)(c3cccc([N+](=O)[O-])c3)[N+]3=C2CCCC3)c1. The Bertz CT molecular complexity index is 909. The first kappa shape index (κ1) is 16.7. The summed E-state index contributed by atoms with van der Waals surface area (Å²) in [5.74, 6) is 1.09. The van der Waals surface area contributed by atoms with Crippen LogP contribution in [-0.4, -0.2) is 33.5 Å². The third-order valence-corrected chi connectivity index (χ3v) is 5.31. The minimum absolute atomic E-state index is 0.00323. The highest BCUT2D eigenvalue weighted by Gasteiger charge is 2.52. The van der Waals surface area contributed by atoms with E-state index in [0.717, 1.165) is 42.9 Å². The van der Waals surface area contributed by atoms with Crippen molar-refractivity contribution in [1.29, 1.82) is 0 Å². The second-order valence-corrected chi connectivity index (χ2v) is 7.07. The van der Waals surface area contributed by atoms with Gasteiger partial charge in [-0.2, -0.15) is 0 Å². The summed E-state index contributed by atoms with van der Waals surface area (Å²) >= 11 is 0. The van der Waals surface area contributed by atoms with Gasteiger partial charge in [-0.15, -0.1) is 0 Å². The molecule has 134 valence electrons. The summed E-state index contributed by atoms with van der Waals surface area (Å²) in [5, 5.41) is 22.8. The number of benzene rings is 2. The zero-order valence-electron chi connectivity index (χ0n) is 14.8. The highest BCUT2D eigenvalue weighted by molar-refractivity contribution is 5.96. The molecule has 1 unspecified atom stereocenters. The fourth-order valence-electron chi connectivity index (χ4n) is 4.05. The maximum absolute atomic E-state index is 11.6. The van der Waals surface area contributed by atoms with Crippen LogP contribution in [0.5, 0.6) is 0 Å². The lowest BCUT2D eigenvalue weighted by Gasteiger charge is -2.24. The van der Waals surface area contributed by atoms with Crippen molar-refractivity contribution in [1.82, 2.24) is 0 Å². The van der Waals surface area contributed by atoms with Crippen LogP contribution in [0.4, 0.5) is 11.4 Å². The van der Waals surface area contributed by atoms with Crippen molar-refractivity contribution in [2.45, 2.75) is 31.9 Å². The number of non-ortho nitro benzene ring substituents is 1. The monoisotopic (exact) mass is 352 g/mol. The van der Waals surface area contributed by atoms with Gasteiger partial charge in [0.05, 0.1) is 11.5 Å². The van der Waals surface area contributed by atoms with Crippen LogP contribution in [0.2, 0.25) is 0 Å². The van der Waals surface area contributed by atoms with E-state index in [-0.39, 0.29) is 5.69 Å². The van der Waals surface area contributed by atoms with Crippen molar-refractivity contribution in [3.63, 3.8) is 0 Å². The lowest BCUT2D eigenvalue weighted by molar-refractivity contribution is -0.661. The maximum atomic E-state index is 11.6. The number of aryl methyl sites for hydroxylation is 1. The summed E-state index contributed by atoms with van der Waals surface area (Å²) in [4.78, 5) is 12.9. The molecule has 2 aliphatic heterocycles. The number of amidine groups is 1. The van der Waals surface area contributed by atoms with E-state index < -0.39 is 10.6 Å². The second kappa shape index (κ2) is 6.21. The van der Waals surface area contributed by atoms with Crippen molar-refractivity contribution >= 4 is 17.2 Å². The molecule has 0 bridgehead atoms. The number of hydrogen-bond acceptors (Lipinski definition) is 4. The predicted octanol–water partition coefficient (Wildman–Crippen LogP) is 3.16. The first-order valence-electron chi connectivity index (χ1n) is 8.94. The Morgan fingerprint density at radius 1 is 1.19 bits per heavy atom. The Morgan fingerprint density at radius 2 is 2.00 bits per heavy atom. The third-order valence-electron chi connectivity index (χ3n) is 5.31. The van der Waals surface area contributed by atoms with Gasteiger partial charge in [-0.05, 0) is 37.5 Å². The highest BCUT2D eigenvalue weighted by Crippen LogP contribution is 2.36. The minimum atomic E-state index is -1.26. The highest BCUT2D eigenvalue weighted by atomic mass is 16.6. The smallest absolute Gasteiger partial charge is 0.271 e. The number of aliphatic hydroxyl groups is 1. The van der Waals surface area contributed by atoms with Gasteiger partial charge in [0.1, 0.15) is 5.69 Å². The van der Waals surface area contributed by atoms with E-state index in [1.807, 2.05) is 16.7 Å². The molecule has 0 aliphatic carbocycles. The number of hydrogen-bond donors (Lipinski definition) is 1. The quantitative estimate of drug-likeness (QED) is 0.523. The molecule has 2 aliphatic rings. The molecular weight excluding hydrogens is 330 g/mol. The molecule has 2 aromatic carbocycles. The van der Waals surface area contributed by atoms with Crippen molar-refractivity contribution in [2.24, 2.45) is 0 Å². The summed E-state index contributed by atoms with van der Waals surface area (Å²) in [7, 11) is 0. The van der Waals surface area contributed by atoms with Gasteiger partial charge >= 0.3 is 0 Å². The average Bonchev–Trinajstić information content (AvgIpc) is 2.96. The normalized spacial score (nSPS) is 22.5. The number of nitro groups is 1. The van der Waals surface area contributed by atoms with Crippen LogP contribution in [0, 0.1) is 17.0 Å². The topological polar surface area (TPSA) is 69.6 Å². The van der Waals surface area contributed by atoms with Crippen molar-refractivity contribution in [3.05, 3.63) is 69.8 Å². The molecule has 26 heavy (non-hydrogen) atoms. The van der Waals surface area contributed by atoms with Crippen LogP contribution in [0.3, 0.4) is 0 Å². The second-order valence-electron chi connectivity index (χ2n) is 7.07. The van der Waals surface area contributed by atoms with Crippen LogP contribution in [0.15, 0.2) is 48.5 Å². The average molecular weight is 352 g/mol. The van der Waals surface area contributed by atoms with Crippen molar-refractivity contribution in [2.75, 3.05) is 18.0 Å². The molecule has 0 fully saturated rings. The van der Waals surface area contributed by atoms with E-state index >= 15 is 0 Å². The fraction of sp³-hybridized carbons (Fsp3) is 0.350. The molecule has 1 atom stereocenters. The third kappa shape index (κ3) is 2.66. The standard InChI is InChI=1S/C20H22N3O3/c1-15-6-4-8-17(12-15)21-14-20(24,22-11-3-2-10-19(21)22)16-7-5-9-18(13-16)23(25)26/h4-9,12-13,24H,2-3,10-11,14H2,1H3/q+1. The largest absolute Gasteiger partial charge is 0.346 e. The molecule has 0 radical (unpaired) electrons. The first-order valence-corrected chi connectivity index (χ1v) is 8.94. The number of nitro benzene ring substituents is 1. The Labute approximate surface area is 152 Å². The van der Waals surface area contributed by atoms with Crippen LogP contribution in [-0.2, 0) is 5.72 Å². The summed E-state index contributed by atoms with van der Waals surface area (Å²) in [5.41, 5.74) is 1.53. The van der Waals surface area contributed by atoms with Gasteiger partial charge in [-0.3, -0.25) is 10.1 Å². The molecule has 0 amide bonds. The molecule has 0 saturated heterocycles. The molecule has 4 rings (SSSR count). The summed E-state index contributed by atoms with van der Waals surface area (Å²) in [6, 6.07) is 14.6. The Hall–Kier alpha value is -2.73. The van der Waals surface area contributed by atoms with Crippen LogP contribution in [0.25, 0.3) is 0 Å². The van der Waals surface area contributed by atoms with Crippen LogP contribution >= 0.6 is 0 Å². The maximum Gasteiger partial charge on any atom is 0.271 e. The fourth-order valence-corrected chi connectivity index (χ4v) is 4.05. The molecule has 0 saturated carbocycles. The molecule has 0 aromatic heterocycles. The molecule has 2 aromatic rings. The number of anilines is 1. The lowest BCUT2D eigenvalue weighted by Crippen LogP contribution is -2.41. The van der Waals surface area contributed by atoms with Gasteiger partial charge in [-0.1, -0.05) is 24.3 Å². The Morgan fingerprint density at radius 3 is 2.77 bits per heavy atom. The van der Waals surface area contributed by atoms with E-state index in [1.165, 1.54) is 12.1 Å². The molecule has 2 heterocycles. The number of β-amino-alcohol motifs (C(OH)–C–C–N with tert-alkyl or cyclic N) is 1. The molecule has 0 spiro atoms. The summed E-state index contributed by atoms with van der Waals surface area (Å²) in [6.45, 7) is 3.17. The van der Waals surface area contributed by atoms with Crippen LogP contribution in [0.1, 0.15) is 30.4 Å². The van der Waals surface area contributed by atoms with Crippen molar-refractivity contribution in [3.8, 4) is 0 Å². The summed E-state index contributed by atoms with van der Waals surface area (Å²) in [6.07, 6.45) is 2.98. The van der Waals surface area contributed by atoms with Gasteiger partial charge in [0, 0.05) is 24.1 Å². The predicted molar refractivity (Wildman–Crippen MR) is 99.5 cm³/mol. The zero-order valence-corrected chi connectivity index (χ0v) is 14.8. The Balaban J connectivity index is 1.81. The summed E-state index contributed by atoms with van der Waals surface area (Å²) < 4.78 is 2.03. The van der Waals surface area contributed by atoms with Crippen molar-refractivity contribution < 1.29 is 14.6 Å². The lowest BCUT2D eigenvalue weighted by atomic mass is 10.0. The Kier molecular flexibility index (Phi) is 4.00. The number of rotatable bonds is 3. The van der Waals surface area contributed by atoms with E-state index in [2.05, 4.69) is 24.0 Å². The minimum Gasteiger partial charge on any atom is -0.346 e. The van der Waals surface area contributed by atoms with E-state index in [9.17, 15) is 15.2 Å². The van der Waals surface area contributed by atoms with Gasteiger partial charge in [-0.25, -0.2) is 9.48 Å². The van der Waals surface area contributed by atoms with E-state index in [4.69, 9.17) is 0 Å². The van der Waals surface area contributed by atoms with E-state index in [0.29, 0.717) is 12.1 Å². The number of nitrogens with zero attached hydrogens (tertiary/aromatic N) is 3. The van der Waals surface area contributed by atoms with Gasteiger partial charge < -0.3 is 5.11 Å². The molecule has 1 N–H and O–H groups in total. The van der Waals surface area contributed by atoms with Gasteiger partial charge in [0.2, 0.25) is 0 Å². The van der Waals surface area contributed by atoms with Gasteiger partial charge in [0.15, 0.2) is 6.54 Å². The van der Waals surface area contributed by atoms with Crippen LogP contribution < -0.4 is 4.90 Å². The molecule has 6 nitrogen and oxygen atoms in total. The zero-order chi connectivity index (χ0) is 18.3. The molecular formula is C20H22N3O3+. The van der Waals surface area contributed by atoms with E-state index in [1.54, 1.807) is 12.1 Å².